The van der Waals surface area contributed by atoms with Crippen LogP contribution in [0.25, 0.3) is 0 Å². The molecule has 0 radical (unpaired) electrons. The van der Waals surface area contributed by atoms with Gasteiger partial charge in [0.25, 0.3) is 5.91 Å². The number of ether oxygens (including phenoxy) is 1. The predicted octanol–water partition coefficient (Wildman–Crippen LogP) is 1.95. The minimum absolute atomic E-state index is 0.0230. The summed E-state index contributed by atoms with van der Waals surface area (Å²) >= 11 is 0. The molecular formula is C14H19NO3. The molecule has 98 valence electrons. The molecular weight excluding hydrogens is 230 g/mol. The van der Waals surface area contributed by atoms with Crippen molar-refractivity contribution < 1.29 is 14.6 Å². The quantitative estimate of drug-likeness (QED) is 0.871. The zero-order valence-electron chi connectivity index (χ0n) is 10.8. The van der Waals surface area contributed by atoms with Crippen molar-refractivity contribution >= 4 is 5.91 Å². The van der Waals surface area contributed by atoms with Crippen LogP contribution in [0.3, 0.4) is 0 Å². The van der Waals surface area contributed by atoms with Gasteiger partial charge in [0, 0.05) is 31.3 Å². The van der Waals surface area contributed by atoms with Gasteiger partial charge in [0.1, 0.15) is 5.75 Å². The zero-order valence-corrected chi connectivity index (χ0v) is 10.8. The maximum absolute atomic E-state index is 12.4. The Bertz CT molecular complexity index is 445. The van der Waals surface area contributed by atoms with Crippen molar-refractivity contribution in [1.29, 1.82) is 0 Å². The van der Waals surface area contributed by atoms with Crippen LogP contribution in [0.5, 0.6) is 5.75 Å². The average molecular weight is 249 g/mol. The highest BCUT2D eigenvalue weighted by atomic mass is 16.5. The maximum Gasteiger partial charge on any atom is 0.254 e. The Morgan fingerprint density at radius 1 is 1.50 bits per heavy atom. The van der Waals surface area contributed by atoms with E-state index in [9.17, 15) is 9.90 Å². The summed E-state index contributed by atoms with van der Waals surface area (Å²) in [7, 11) is 1.68. The lowest BCUT2D eigenvalue weighted by molar-refractivity contribution is 0.0268. The molecule has 1 saturated heterocycles. The molecule has 1 aliphatic rings. The number of amides is 1. The van der Waals surface area contributed by atoms with E-state index in [0.717, 1.165) is 19.4 Å². The summed E-state index contributed by atoms with van der Waals surface area (Å²) in [5.74, 6) is 0.145. The predicted molar refractivity (Wildman–Crippen MR) is 68.8 cm³/mol. The van der Waals surface area contributed by atoms with Gasteiger partial charge in [0.2, 0.25) is 0 Å². The highest BCUT2D eigenvalue weighted by Crippen LogP contribution is 2.22. The largest absolute Gasteiger partial charge is 0.508 e. The summed E-state index contributed by atoms with van der Waals surface area (Å²) < 4.78 is 5.32. The Balaban J connectivity index is 2.18. The van der Waals surface area contributed by atoms with Crippen molar-refractivity contribution in [1.82, 2.24) is 4.90 Å². The fourth-order valence-corrected chi connectivity index (χ4v) is 2.34. The average Bonchev–Trinajstić information content (AvgIpc) is 2.41. The number of hydrogen-bond acceptors (Lipinski definition) is 3. The topological polar surface area (TPSA) is 49.8 Å². The Kier molecular flexibility index (Phi) is 3.87. The Hall–Kier alpha value is -1.55. The maximum atomic E-state index is 12.4. The second-order valence-corrected chi connectivity index (χ2v) is 4.70. The van der Waals surface area contributed by atoms with Crippen molar-refractivity contribution in [3.05, 3.63) is 29.3 Å². The molecule has 0 spiro atoms. The summed E-state index contributed by atoms with van der Waals surface area (Å²) in [6.45, 7) is 3.15. The molecule has 4 heteroatoms. The zero-order chi connectivity index (χ0) is 13.1. The van der Waals surface area contributed by atoms with Crippen LogP contribution in [0, 0.1) is 6.92 Å². The standard InChI is InChI=1S/C14H19NO3/c1-10-12(6-3-7-13(10)16)14(17)15-8-4-5-11(9-15)18-2/h3,6-7,11,16H,4-5,8-9H2,1-2H3. The van der Waals surface area contributed by atoms with Crippen molar-refractivity contribution in [3.8, 4) is 5.75 Å². The third-order valence-corrected chi connectivity index (χ3v) is 3.53. The smallest absolute Gasteiger partial charge is 0.254 e. The van der Waals surface area contributed by atoms with E-state index in [4.69, 9.17) is 4.74 Å². The molecule has 4 nitrogen and oxygen atoms in total. The van der Waals surface area contributed by atoms with Gasteiger partial charge in [0.05, 0.1) is 6.10 Å². The van der Waals surface area contributed by atoms with E-state index in [0.29, 0.717) is 17.7 Å². The summed E-state index contributed by atoms with van der Waals surface area (Å²) in [6.07, 6.45) is 2.09. The van der Waals surface area contributed by atoms with Gasteiger partial charge in [-0.15, -0.1) is 0 Å². The third-order valence-electron chi connectivity index (χ3n) is 3.53. The van der Waals surface area contributed by atoms with Crippen LogP contribution in [0.15, 0.2) is 18.2 Å². The minimum atomic E-state index is -0.0230. The van der Waals surface area contributed by atoms with Crippen LogP contribution in [-0.2, 0) is 4.74 Å². The fourth-order valence-electron chi connectivity index (χ4n) is 2.34. The van der Waals surface area contributed by atoms with Gasteiger partial charge in [-0.05, 0) is 31.9 Å². The first-order valence-electron chi connectivity index (χ1n) is 6.24. The van der Waals surface area contributed by atoms with E-state index in [1.165, 1.54) is 0 Å². The first-order valence-corrected chi connectivity index (χ1v) is 6.24. The number of nitrogens with zero attached hydrogens (tertiary/aromatic N) is 1. The van der Waals surface area contributed by atoms with Gasteiger partial charge in [-0.25, -0.2) is 0 Å². The van der Waals surface area contributed by atoms with Crippen LogP contribution in [0.4, 0.5) is 0 Å². The molecule has 1 N–H and O–H groups in total. The molecule has 1 atom stereocenters. The van der Waals surface area contributed by atoms with Crippen molar-refractivity contribution in [2.45, 2.75) is 25.9 Å². The van der Waals surface area contributed by atoms with Gasteiger partial charge in [-0.2, -0.15) is 0 Å². The van der Waals surface area contributed by atoms with E-state index in [2.05, 4.69) is 0 Å². The summed E-state index contributed by atoms with van der Waals surface area (Å²) in [5, 5.41) is 9.65. The Morgan fingerprint density at radius 2 is 2.28 bits per heavy atom. The van der Waals surface area contributed by atoms with E-state index < -0.39 is 0 Å². The first kappa shape index (κ1) is 12.9. The van der Waals surface area contributed by atoms with E-state index >= 15 is 0 Å². The summed E-state index contributed by atoms with van der Waals surface area (Å²) in [5.41, 5.74) is 1.22. The number of likely N-dealkylation sites (tertiary alicyclic amines) is 1. The molecule has 0 aromatic heterocycles. The second-order valence-electron chi connectivity index (χ2n) is 4.70. The number of hydrogen-bond donors (Lipinski definition) is 1. The molecule has 1 aromatic rings. The second kappa shape index (κ2) is 5.40. The number of aromatic hydroxyl groups is 1. The molecule has 2 rings (SSSR count). The van der Waals surface area contributed by atoms with Gasteiger partial charge < -0.3 is 14.7 Å². The van der Waals surface area contributed by atoms with Crippen LogP contribution < -0.4 is 0 Å². The molecule has 1 aliphatic heterocycles. The first-order chi connectivity index (χ1) is 8.63. The van der Waals surface area contributed by atoms with E-state index in [1.54, 1.807) is 37.1 Å². The van der Waals surface area contributed by atoms with Crippen molar-refractivity contribution in [3.63, 3.8) is 0 Å². The van der Waals surface area contributed by atoms with Gasteiger partial charge in [-0.1, -0.05) is 6.07 Å². The number of benzene rings is 1. The third kappa shape index (κ3) is 2.48. The monoisotopic (exact) mass is 249 g/mol. The number of carbonyl (C=O) groups excluding carboxylic acids is 1. The molecule has 1 amide bonds. The molecule has 0 bridgehead atoms. The fraction of sp³-hybridized carbons (Fsp3) is 0.500. The number of phenols is 1. The number of piperidine rings is 1. The highest BCUT2D eigenvalue weighted by Gasteiger charge is 2.25. The van der Waals surface area contributed by atoms with Crippen LogP contribution in [-0.4, -0.2) is 42.2 Å². The molecule has 0 aliphatic carbocycles. The molecule has 0 saturated carbocycles. The molecule has 1 aromatic carbocycles. The van der Waals surface area contributed by atoms with Crippen LogP contribution in [0.2, 0.25) is 0 Å². The molecule has 1 fully saturated rings. The van der Waals surface area contributed by atoms with Gasteiger partial charge in [0.15, 0.2) is 0 Å². The minimum Gasteiger partial charge on any atom is -0.508 e. The number of phenolic OH excluding ortho intramolecular Hbond substituents is 1. The van der Waals surface area contributed by atoms with Crippen molar-refractivity contribution in [2.75, 3.05) is 20.2 Å². The van der Waals surface area contributed by atoms with E-state index in [-0.39, 0.29) is 17.8 Å². The number of rotatable bonds is 2. The van der Waals surface area contributed by atoms with Gasteiger partial charge >= 0.3 is 0 Å². The number of methoxy groups -OCH3 is 1. The Morgan fingerprint density at radius 3 is 3.00 bits per heavy atom. The molecule has 1 unspecified atom stereocenters. The lowest BCUT2D eigenvalue weighted by atomic mass is 10.0. The van der Waals surface area contributed by atoms with Crippen LogP contribution in [0.1, 0.15) is 28.8 Å². The highest BCUT2D eigenvalue weighted by molar-refractivity contribution is 5.96. The normalized spacial score (nSPS) is 19.9. The Labute approximate surface area is 107 Å². The SMILES string of the molecule is COC1CCCN(C(=O)c2cccc(O)c2C)C1. The summed E-state index contributed by atoms with van der Waals surface area (Å²) in [6, 6.07) is 5.06. The van der Waals surface area contributed by atoms with Crippen molar-refractivity contribution in [2.24, 2.45) is 0 Å². The van der Waals surface area contributed by atoms with Crippen LogP contribution >= 0.6 is 0 Å². The van der Waals surface area contributed by atoms with E-state index in [1.807, 2.05) is 0 Å². The molecule has 18 heavy (non-hydrogen) atoms. The number of carbonyl (C=O) groups is 1. The van der Waals surface area contributed by atoms with Gasteiger partial charge in [-0.3, -0.25) is 4.79 Å². The molecule has 1 heterocycles. The lowest BCUT2D eigenvalue weighted by Gasteiger charge is -2.32. The lowest BCUT2D eigenvalue weighted by Crippen LogP contribution is -2.43. The summed E-state index contributed by atoms with van der Waals surface area (Å²) in [4.78, 5) is 14.2.